The Labute approximate surface area is 154 Å². The summed E-state index contributed by atoms with van der Waals surface area (Å²) in [6.07, 6.45) is 0. The summed E-state index contributed by atoms with van der Waals surface area (Å²) in [5.41, 5.74) is 4.73. The lowest BCUT2D eigenvalue weighted by Gasteiger charge is -2.15. The van der Waals surface area contributed by atoms with E-state index in [0.29, 0.717) is 24.5 Å². The highest BCUT2D eigenvalue weighted by molar-refractivity contribution is 5.64. The molecule has 0 aliphatic carbocycles. The van der Waals surface area contributed by atoms with Gasteiger partial charge in [-0.3, -0.25) is 9.36 Å². The maximum absolute atomic E-state index is 13.3. The first kappa shape index (κ1) is 18.2. The molecule has 0 spiro atoms. The number of rotatable bonds is 5. The highest BCUT2D eigenvalue weighted by atomic mass is 16.5. The number of benzene rings is 1. The molecule has 0 aliphatic heterocycles. The van der Waals surface area contributed by atoms with E-state index >= 15 is 0 Å². The maximum Gasteiger partial charge on any atom is 0.278 e. The van der Waals surface area contributed by atoms with Gasteiger partial charge in [0.1, 0.15) is 11.3 Å². The minimum absolute atomic E-state index is 0.0163. The lowest BCUT2D eigenvalue weighted by molar-refractivity contribution is 0.340. The SMILES string of the molecule is CCOc1ccc(-c2nn3c(C)cc(C(C)C)c3c(=O)n2CC)c(C)c1. The molecular weight excluding hydrogens is 326 g/mol. The number of hydrogen-bond donors (Lipinski definition) is 0. The van der Waals surface area contributed by atoms with E-state index in [-0.39, 0.29) is 11.5 Å². The van der Waals surface area contributed by atoms with E-state index in [1.807, 2.05) is 45.9 Å². The van der Waals surface area contributed by atoms with Crippen LogP contribution >= 0.6 is 0 Å². The average molecular weight is 353 g/mol. The fraction of sp³-hybridized carbons (Fsp3) is 0.429. The van der Waals surface area contributed by atoms with Crippen LogP contribution in [0.5, 0.6) is 5.75 Å². The average Bonchev–Trinajstić information content (AvgIpc) is 2.93. The van der Waals surface area contributed by atoms with Gasteiger partial charge in [0.15, 0.2) is 5.82 Å². The third kappa shape index (κ3) is 2.91. The summed E-state index contributed by atoms with van der Waals surface area (Å²) in [5, 5.41) is 4.85. The molecule has 138 valence electrons. The second-order valence-corrected chi connectivity index (χ2v) is 6.94. The smallest absolute Gasteiger partial charge is 0.278 e. The van der Waals surface area contributed by atoms with E-state index in [2.05, 4.69) is 19.9 Å². The lowest BCUT2D eigenvalue weighted by Crippen LogP contribution is -2.26. The van der Waals surface area contributed by atoms with Crippen LogP contribution in [-0.2, 0) is 6.54 Å². The monoisotopic (exact) mass is 353 g/mol. The van der Waals surface area contributed by atoms with Gasteiger partial charge < -0.3 is 4.74 Å². The third-order valence-electron chi connectivity index (χ3n) is 4.77. The van der Waals surface area contributed by atoms with Crippen LogP contribution in [0.15, 0.2) is 29.1 Å². The predicted octanol–water partition coefficient (Wildman–Crippen LogP) is 4.32. The predicted molar refractivity (Wildman–Crippen MR) is 105 cm³/mol. The van der Waals surface area contributed by atoms with Crippen molar-refractivity contribution < 1.29 is 4.74 Å². The van der Waals surface area contributed by atoms with Crippen LogP contribution in [-0.4, -0.2) is 20.8 Å². The molecule has 0 bridgehead atoms. The molecule has 0 amide bonds. The molecule has 3 rings (SSSR count). The summed E-state index contributed by atoms with van der Waals surface area (Å²) in [4.78, 5) is 13.3. The Hall–Kier alpha value is -2.56. The number of nitrogens with zero attached hydrogens (tertiary/aromatic N) is 3. The third-order valence-corrected chi connectivity index (χ3v) is 4.77. The zero-order valence-corrected chi connectivity index (χ0v) is 16.5. The minimum atomic E-state index is 0.0163. The van der Waals surface area contributed by atoms with Gasteiger partial charge in [-0.2, -0.15) is 0 Å². The number of aryl methyl sites for hydroxylation is 2. The van der Waals surface area contributed by atoms with Gasteiger partial charge in [-0.05, 0) is 69.0 Å². The fourth-order valence-electron chi connectivity index (χ4n) is 3.45. The molecular formula is C21H27N3O2. The molecule has 1 aromatic carbocycles. The zero-order valence-electron chi connectivity index (χ0n) is 16.5. The van der Waals surface area contributed by atoms with Crippen LogP contribution in [0.2, 0.25) is 0 Å². The molecule has 0 saturated heterocycles. The lowest BCUT2D eigenvalue weighted by atomic mass is 10.1. The van der Waals surface area contributed by atoms with Gasteiger partial charge in [-0.15, -0.1) is 5.10 Å². The van der Waals surface area contributed by atoms with Crippen LogP contribution in [0.3, 0.4) is 0 Å². The summed E-state index contributed by atoms with van der Waals surface area (Å²) >= 11 is 0. The molecule has 5 nitrogen and oxygen atoms in total. The Morgan fingerprint density at radius 2 is 1.88 bits per heavy atom. The second kappa shape index (κ2) is 6.98. The Morgan fingerprint density at radius 3 is 2.46 bits per heavy atom. The van der Waals surface area contributed by atoms with Gasteiger partial charge in [0.25, 0.3) is 5.56 Å². The number of fused-ring (bicyclic) bond motifs is 1. The van der Waals surface area contributed by atoms with Gasteiger partial charge in [0.05, 0.1) is 6.61 Å². The molecule has 0 N–H and O–H groups in total. The Kier molecular flexibility index (Phi) is 4.90. The van der Waals surface area contributed by atoms with E-state index in [0.717, 1.165) is 28.1 Å². The van der Waals surface area contributed by atoms with Crippen LogP contribution in [0.1, 0.15) is 50.4 Å². The number of aromatic nitrogens is 3. The quantitative estimate of drug-likeness (QED) is 0.686. The van der Waals surface area contributed by atoms with Crippen LogP contribution in [0.4, 0.5) is 0 Å². The summed E-state index contributed by atoms with van der Waals surface area (Å²) < 4.78 is 9.15. The van der Waals surface area contributed by atoms with Crippen molar-refractivity contribution in [3.8, 4) is 17.1 Å². The molecule has 0 atom stereocenters. The highest BCUT2D eigenvalue weighted by Crippen LogP contribution is 2.27. The van der Waals surface area contributed by atoms with Crippen LogP contribution in [0, 0.1) is 13.8 Å². The largest absolute Gasteiger partial charge is 0.494 e. The molecule has 2 heterocycles. The van der Waals surface area contributed by atoms with Crippen molar-refractivity contribution in [3.05, 3.63) is 51.4 Å². The number of ether oxygens (including phenoxy) is 1. The molecule has 0 aliphatic rings. The van der Waals surface area contributed by atoms with Crippen molar-refractivity contribution in [1.82, 2.24) is 14.2 Å². The summed E-state index contributed by atoms with van der Waals surface area (Å²) in [5.74, 6) is 1.80. The first-order valence-corrected chi connectivity index (χ1v) is 9.25. The van der Waals surface area contributed by atoms with E-state index in [4.69, 9.17) is 9.84 Å². The molecule has 26 heavy (non-hydrogen) atoms. The van der Waals surface area contributed by atoms with Gasteiger partial charge >= 0.3 is 0 Å². The summed E-state index contributed by atoms with van der Waals surface area (Å²) in [7, 11) is 0. The van der Waals surface area contributed by atoms with Crippen molar-refractivity contribution in [2.24, 2.45) is 0 Å². The highest BCUT2D eigenvalue weighted by Gasteiger charge is 2.19. The minimum Gasteiger partial charge on any atom is -0.494 e. The molecule has 5 heteroatoms. The number of hydrogen-bond acceptors (Lipinski definition) is 3. The Morgan fingerprint density at radius 1 is 1.15 bits per heavy atom. The standard InChI is InChI=1S/C21H27N3O2/c1-7-23-20(17-10-9-16(26-8-2)11-14(17)5)22-24-15(6)12-18(13(3)4)19(24)21(23)25/h9-13H,7-8H2,1-6H3. The van der Waals surface area contributed by atoms with Crippen molar-refractivity contribution >= 4 is 5.52 Å². The molecule has 0 radical (unpaired) electrons. The fourth-order valence-corrected chi connectivity index (χ4v) is 3.45. The first-order valence-electron chi connectivity index (χ1n) is 9.25. The summed E-state index contributed by atoms with van der Waals surface area (Å²) in [6.45, 7) is 13.4. The molecule has 0 saturated carbocycles. The normalized spacial score (nSPS) is 11.5. The van der Waals surface area contributed by atoms with Gasteiger partial charge in [-0.25, -0.2) is 4.52 Å². The molecule has 0 fully saturated rings. The van der Waals surface area contributed by atoms with E-state index < -0.39 is 0 Å². The van der Waals surface area contributed by atoms with Crippen LogP contribution < -0.4 is 10.3 Å². The van der Waals surface area contributed by atoms with E-state index in [1.165, 1.54) is 0 Å². The van der Waals surface area contributed by atoms with Gasteiger partial charge in [0.2, 0.25) is 0 Å². The van der Waals surface area contributed by atoms with E-state index in [9.17, 15) is 4.79 Å². The van der Waals surface area contributed by atoms with Crippen molar-refractivity contribution in [2.75, 3.05) is 6.61 Å². The van der Waals surface area contributed by atoms with Gasteiger partial charge in [-0.1, -0.05) is 13.8 Å². The van der Waals surface area contributed by atoms with Crippen LogP contribution in [0.25, 0.3) is 16.9 Å². The van der Waals surface area contributed by atoms with Crippen molar-refractivity contribution in [1.29, 1.82) is 0 Å². The molecule has 0 unspecified atom stereocenters. The van der Waals surface area contributed by atoms with Gasteiger partial charge in [0, 0.05) is 17.8 Å². The Balaban J connectivity index is 2.31. The van der Waals surface area contributed by atoms with Crippen molar-refractivity contribution in [3.63, 3.8) is 0 Å². The summed E-state index contributed by atoms with van der Waals surface area (Å²) in [6, 6.07) is 7.99. The topological polar surface area (TPSA) is 48.5 Å². The maximum atomic E-state index is 13.3. The molecule has 2 aromatic heterocycles. The second-order valence-electron chi connectivity index (χ2n) is 6.94. The van der Waals surface area contributed by atoms with E-state index in [1.54, 1.807) is 9.08 Å². The van der Waals surface area contributed by atoms with Crippen molar-refractivity contribution in [2.45, 2.75) is 54.0 Å². The zero-order chi connectivity index (χ0) is 19.0. The molecule has 3 aromatic rings. The first-order chi connectivity index (χ1) is 12.4. The Bertz CT molecular complexity index is 1010.